The molecule has 3 heterocycles. The molecule has 6 nitrogen and oxygen atoms in total. The zero-order valence-corrected chi connectivity index (χ0v) is 13.9. The molecule has 0 amide bonds. The number of anilines is 1. The van der Waals surface area contributed by atoms with Gasteiger partial charge in [0.2, 0.25) is 5.52 Å². The van der Waals surface area contributed by atoms with E-state index in [0.29, 0.717) is 18.0 Å². The summed E-state index contributed by atoms with van der Waals surface area (Å²) in [5, 5.41) is 0. The van der Waals surface area contributed by atoms with E-state index in [1.165, 1.54) is 6.42 Å². The molecule has 3 aromatic rings. The van der Waals surface area contributed by atoms with Crippen LogP contribution in [0.15, 0.2) is 41.5 Å². The monoisotopic (exact) mass is 324 g/mol. The number of hydrogen-bond donors (Lipinski definition) is 1. The highest BCUT2D eigenvalue weighted by molar-refractivity contribution is 5.67. The third-order valence-corrected chi connectivity index (χ3v) is 4.65. The Morgan fingerprint density at radius 2 is 1.92 bits per heavy atom. The van der Waals surface area contributed by atoms with Gasteiger partial charge in [-0.1, -0.05) is 35.3 Å². The Kier molecular flexibility index (Phi) is 3.80. The molecular weight excluding hydrogens is 302 g/mol. The Morgan fingerprint density at radius 1 is 1.17 bits per heavy atom. The van der Waals surface area contributed by atoms with E-state index in [1.54, 1.807) is 0 Å². The fraction of sp³-hybridized carbons (Fsp3) is 0.389. The summed E-state index contributed by atoms with van der Waals surface area (Å²) in [7, 11) is 1.94. The van der Waals surface area contributed by atoms with Crippen molar-refractivity contribution in [3.05, 3.63) is 52.6 Å². The molecule has 0 spiro atoms. The summed E-state index contributed by atoms with van der Waals surface area (Å²) in [5.74, 6) is 0.695. The van der Waals surface area contributed by atoms with Crippen molar-refractivity contribution >= 4 is 17.1 Å². The van der Waals surface area contributed by atoms with E-state index < -0.39 is 0 Å². The molecule has 0 atom stereocenters. The summed E-state index contributed by atoms with van der Waals surface area (Å²) in [4.78, 5) is 22.6. The summed E-state index contributed by atoms with van der Waals surface area (Å²) in [6.07, 6.45) is 5.51. The highest BCUT2D eigenvalue weighted by Crippen LogP contribution is 2.16. The minimum absolute atomic E-state index is 0.0721. The summed E-state index contributed by atoms with van der Waals surface area (Å²) in [6, 6.07) is 10.2. The van der Waals surface area contributed by atoms with Crippen LogP contribution < -0.4 is 15.0 Å². The zero-order chi connectivity index (χ0) is 16.5. The molecule has 6 heteroatoms. The molecule has 4 rings (SSSR count). The van der Waals surface area contributed by atoms with E-state index in [2.05, 4.69) is 22.0 Å². The van der Waals surface area contributed by atoms with Gasteiger partial charge in [0.25, 0.3) is 11.5 Å². The number of nitrogens with zero attached hydrogens (tertiary/aromatic N) is 4. The molecule has 0 saturated carbocycles. The van der Waals surface area contributed by atoms with Crippen molar-refractivity contribution in [2.75, 3.05) is 18.0 Å². The number of aromatic nitrogens is 4. The molecule has 1 N–H and O–H groups in total. The van der Waals surface area contributed by atoms with Gasteiger partial charge in [-0.25, -0.2) is 4.57 Å². The number of rotatable bonds is 3. The Balaban J connectivity index is 1.76. The number of H-pyrrole nitrogens is 1. The van der Waals surface area contributed by atoms with Crippen molar-refractivity contribution in [2.45, 2.75) is 25.8 Å². The van der Waals surface area contributed by atoms with Crippen molar-refractivity contribution in [3.63, 3.8) is 0 Å². The second-order valence-electron chi connectivity index (χ2n) is 6.45. The topological polar surface area (TPSA) is 57.8 Å². The lowest BCUT2D eigenvalue weighted by Gasteiger charge is -2.24. The molecule has 1 aliphatic rings. The molecule has 1 aliphatic heterocycles. The van der Waals surface area contributed by atoms with Gasteiger partial charge in [0.05, 0.1) is 13.6 Å². The average molecular weight is 324 g/mol. The average Bonchev–Trinajstić information content (AvgIpc) is 2.93. The second kappa shape index (κ2) is 6.11. The van der Waals surface area contributed by atoms with Gasteiger partial charge in [-0.3, -0.25) is 14.3 Å². The minimum atomic E-state index is -0.0721. The Labute approximate surface area is 140 Å². The molecule has 1 saturated heterocycles. The standard InChI is InChI=1S/C18H21N5O/c1-21-13-23(12-14-8-4-2-5-9-14)15-16(21)19-18(20-17(15)24)22-10-6-3-7-11-22/h2,4-5,8-9,13H,3,6-7,10-12H2,1H3/p+1. The van der Waals surface area contributed by atoms with Crippen molar-refractivity contribution < 1.29 is 4.57 Å². The summed E-state index contributed by atoms with van der Waals surface area (Å²) in [6.45, 7) is 2.58. The van der Waals surface area contributed by atoms with Crippen LogP contribution in [0.4, 0.5) is 5.95 Å². The number of benzene rings is 1. The van der Waals surface area contributed by atoms with Gasteiger partial charge in [-0.15, -0.1) is 0 Å². The summed E-state index contributed by atoms with van der Waals surface area (Å²) in [5.41, 5.74) is 2.45. The van der Waals surface area contributed by atoms with Crippen LogP contribution in [0.25, 0.3) is 11.2 Å². The maximum absolute atomic E-state index is 12.7. The third-order valence-electron chi connectivity index (χ3n) is 4.65. The first-order valence-corrected chi connectivity index (χ1v) is 8.50. The fourth-order valence-corrected chi connectivity index (χ4v) is 3.43. The Hall–Kier alpha value is -2.63. The summed E-state index contributed by atoms with van der Waals surface area (Å²) >= 11 is 0. The molecular formula is C18H22N5O+. The zero-order valence-electron chi connectivity index (χ0n) is 13.9. The normalized spacial score (nSPS) is 15.1. The lowest BCUT2D eigenvalue weighted by Crippen LogP contribution is -2.34. The van der Waals surface area contributed by atoms with Crippen LogP contribution in [-0.4, -0.2) is 27.6 Å². The Bertz CT molecular complexity index is 906. The lowest BCUT2D eigenvalue weighted by molar-refractivity contribution is -0.647. The molecule has 1 fully saturated rings. The highest BCUT2D eigenvalue weighted by atomic mass is 16.1. The lowest BCUT2D eigenvalue weighted by atomic mass is 10.1. The predicted molar refractivity (Wildman–Crippen MR) is 93.1 cm³/mol. The Morgan fingerprint density at radius 3 is 2.67 bits per heavy atom. The summed E-state index contributed by atoms with van der Waals surface area (Å²) < 4.78 is 3.90. The van der Waals surface area contributed by atoms with Gasteiger partial charge in [0.1, 0.15) is 0 Å². The van der Waals surface area contributed by atoms with Crippen LogP contribution in [0.3, 0.4) is 0 Å². The van der Waals surface area contributed by atoms with E-state index in [1.807, 2.05) is 40.7 Å². The van der Waals surface area contributed by atoms with Crippen molar-refractivity contribution in [2.24, 2.45) is 7.05 Å². The van der Waals surface area contributed by atoms with Crippen LogP contribution in [0.1, 0.15) is 24.8 Å². The van der Waals surface area contributed by atoms with Gasteiger partial charge in [0, 0.05) is 13.1 Å². The van der Waals surface area contributed by atoms with Gasteiger partial charge in [-0.2, -0.15) is 0 Å². The van der Waals surface area contributed by atoms with Gasteiger partial charge >= 0.3 is 5.65 Å². The number of aromatic amines is 1. The van der Waals surface area contributed by atoms with Crippen molar-refractivity contribution in [3.8, 4) is 0 Å². The second-order valence-corrected chi connectivity index (χ2v) is 6.45. The number of fused-ring (bicyclic) bond motifs is 1. The maximum Gasteiger partial charge on any atom is 0.311 e. The minimum Gasteiger partial charge on any atom is -0.328 e. The number of nitrogens with one attached hydrogen (secondary N) is 1. The van der Waals surface area contributed by atoms with Gasteiger partial charge in [0.15, 0.2) is 6.33 Å². The number of imidazole rings is 1. The van der Waals surface area contributed by atoms with Crippen LogP contribution >= 0.6 is 0 Å². The van der Waals surface area contributed by atoms with Crippen LogP contribution in [0, 0.1) is 0 Å². The first-order chi connectivity index (χ1) is 11.7. The van der Waals surface area contributed by atoms with E-state index in [4.69, 9.17) is 4.98 Å². The molecule has 0 aliphatic carbocycles. The number of aryl methyl sites for hydroxylation is 1. The third kappa shape index (κ3) is 2.68. The molecule has 24 heavy (non-hydrogen) atoms. The van der Waals surface area contributed by atoms with E-state index in [-0.39, 0.29) is 5.56 Å². The van der Waals surface area contributed by atoms with Crippen molar-refractivity contribution in [1.82, 2.24) is 14.5 Å². The van der Waals surface area contributed by atoms with Gasteiger partial charge < -0.3 is 4.90 Å². The SMILES string of the molecule is C[n+]1cn(Cc2ccccc2)c2c(=O)[nH]c(N3CCCCC3)nc21. The number of hydrogen-bond acceptors (Lipinski definition) is 3. The van der Waals surface area contributed by atoms with Crippen LogP contribution in [0.5, 0.6) is 0 Å². The number of piperidine rings is 1. The maximum atomic E-state index is 12.7. The van der Waals surface area contributed by atoms with Crippen molar-refractivity contribution in [1.29, 1.82) is 0 Å². The first-order valence-electron chi connectivity index (χ1n) is 8.50. The highest BCUT2D eigenvalue weighted by Gasteiger charge is 2.23. The van der Waals surface area contributed by atoms with Crippen LogP contribution in [-0.2, 0) is 13.6 Å². The largest absolute Gasteiger partial charge is 0.328 e. The van der Waals surface area contributed by atoms with Crippen LogP contribution in [0.2, 0.25) is 0 Å². The smallest absolute Gasteiger partial charge is 0.311 e. The molecule has 124 valence electrons. The fourth-order valence-electron chi connectivity index (χ4n) is 3.43. The molecule has 0 bridgehead atoms. The van der Waals surface area contributed by atoms with E-state index in [0.717, 1.165) is 37.1 Å². The first kappa shape index (κ1) is 14.9. The molecule has 1 aromatic carbocycles. The molecule has 0 radical (unpaired) electrons. The van der Waals surface area contributed by atoms with E-state index in [9.17, 15) is 4.79 Å². The molecule has 2 aromatic heterocycles. The molecule has 0 unspecified atom stereocenters. The quantitative estimate of drug-likeness (QED) is 0.744. The van der Waals surface area contributed by atoms with Gasteiger partial charge in [-0.05, 0) is 24.8 Å². The predicted octanol–water partition coefficient (Wildman–Crippen LogP) is 1.59. The van der Waals surface area contributed by atoms with E-state index >= 15 is 0 Å².